The number of nitrogens with zero attached hydrogens (tertiary/aromatic N) is 2. The van der Waals surface area contributed by atoms with E-state index >= 15 is 0 Å². The van der Waals surface area contributed by atoms with Gasteiger partial charge in [0.1, 0.15) is 0 Å². The van der Waals surface area contributed by atoms with Gasteiger partial charge in [0.25, 0.3) is 0 Å². The number of primary amides is 1. The van der Waals surface area contributed by atoms with Crippen molar-refractivity contribution in [2.45, 2.75) is 18.9 Å². The third-order valence-corrected chi connectivity index (χ3v) is 3.70. The number of imidazole rings is 1. The highest BCUT2D eigenvalue weighted by Crippen LogP contribution is 2.17. The number of benzene rings is 1. The monoisotopic (exact) mass is 273 g/mol. The first-order chi connectivity index (χ1) is 9.70. The Morgan fingerprint density at radius 3 is 2.85 bits per heavy atom. The van der Waals surface area contributed by atoms with Gasteiger partial charge in [0, 0.05) is 19.1 Å². The fourth-order valence-electron chi connectivity index (χ4n) is 2.67. The molecule has 1 amide bonds. The van der Waals surface area contributed by atoms with Crippen molar-refractivity contribution in [1.82, 2.24) is 14.9 Å². The van der Waals surface area contributed by atoms with E-state index in [9.17, 15) is 4.79 Å². The lowest BCUT2D eigenvalue weighted by Crippen LogP contribution is -2.43. The van der Waals surface area contributed by atoms with Gasteiger partial charge in [-0.05, 0) is 25.0 Å². The number of nitrogens with two attached hydrogens (primary N) is 1. The van der Waals surface area contributed by atoms with Crippen LogP contribution in [0.25, 0.3) is 11.0 Å². The standard InChI is InChI=1S/C14H19N5O/c15-13(20)9-19-7-5-10(6-8-19)16-14-17-11-3-1-2-4-12(11)18-14/h1-4,10H,5-9H2,(H2,15,20)(H2,16,17,18). The zero-order chi connectivity index (χ0) is 13.9. The summed E-state index contributed by atoms with van der Waals surface area (Å²) < 4.78 is 0. The van der Waals surface area contributed by atoms with Crippen LogP contribution in [0.2, 0.25) is 0 Å². The second kappa shape index (κ2) is 5.50. The summed E-state index contributed by atoms with van der Waals surface area (Å²) in [6.45, 7) is 2.14. The summed E-state index contributed by atoms with van der Waals surface area (Å²) >= 11 is 0. The molecule has 1 aliphatic rings. The number of hydrogen-bond donors (Lipinski definition) is 3. The zero-order valence-corrected chi connectivity index (χ0v) is 11.3. The van der Waals surface area contributed by atoms with Gasteiger partial charge >= 0.3 is 0 Å². The number of carbonyl (C=O) groups excluding carboxylic acids is 1. The summed E-state index contributed by atoms with van der Waals surface area (Å²) in [7, 11) is 0. The molecule has 0 spiro atoms. The van der Waals surface area contributed by atoms with E-state index in [4.69, 9.17) is 5.73 Å². The third kappa shape index (κ3) is 2.91. The van der Waals surface area contributed by atoms with Crippen LogP contribution in [0.3, 0.4) is 0 Å². The fraction of sp³-hybridized carbons (Fsp3) is 0.429. The average molecular weight is 273 g/mol. The Balaban J connectivity index is 1.58. The highest BCUT2D eigenvalue weighted by atomic mass is 16.1. The summed E-state index contributed by atoms with van der Waals surface area (Å²) in [5.74, 6) is 0.563. The molecule has 1 fully saturated rings. The summed E-state index contributed by atoms with van der Waals surface area (Å²) in [5, 5.41) is 3.43. The quantitative estimate of drug-likeness (QED) is 0.773. The van der Waals surface area contributed by atoms with Crippen LogP contribution >= 0.6 is 0 Å². The van der Waals surface area contributed by atoms with E-state index in [0.29, 0.717) is 12.6 Å². The molecule has 0 saturated carbocycles. The lowest BCUT2D eigenvalue weighted by atomic mass is 10.1. The topological polar surface area (TPSA) is 87.0 Å². The first-order valence-electron chi connectivity index (χ1n) is 6.92. The number of likely N-dealkylation sites (tertiary alicyclic amines) is 1. The van der Waals surface area contributed by atoms with Gasteiger partial charge in [-0.1, -0.05) is 12.1 Å². The number of rotatable bonds is 4. The van der Waals surface area contributed by atoms with Crippen LogP contribution in [0.1, 0.15) is 12.8 Å². The molecule has 1 aromatic carbocycles. The largest absolute Gasteiger partial charge is 0.369 e. The molecule has 3 rings (SSSR count). The van der Waals surface area contributed by atoms with Crippen LogP contribution in [0.4, 0.5) is 5.95 Å². The van der Waals surface area contributed by atoms with Crippen molar-refractivity contribution in [2.24, 2.45) is 5.73 Å². The van der Waals surface area contributed by atoms with Gasteiger partial charge in [0.05, 0.1) is 17.6 Å². The van der Waals surface area contributed by atoms with E-state index < -0.39 is 0 Å². The van der Waals surface area contributed by atoms with Crippen molar-refractivity contribution in [3.63, 3.8) is 0 Å². The van der Waals surface area contributed by atoms with Crippen molar-refractivity contribution in [3.05, 3.63) is 24.3 Å². The summed E-state index contributed by atoms with van der Waals surface area (Å²) in [4.78, 5) is 20.8. The molecular weight excluding hydrogens is 254 g/mol. The second-order valence-electron chi connectivity index (χ2n) is 5.26. The molecule has 0 bridgehead atoms. The molecule has 0 atom stereocenters. The Kier molecular flexibility index (Phi) is 3.56. The van der Waals surface area contributed by atoms with Crippen LogP contribution in [0, 0.1) is 0 Å². The van der Waals surface area contributed by atoms with E-state index in [1.54, 1.807) is 0 Å². The first-order valence-corrected chi connectivity index (χ1v) is 6.92. The van der Waals surface area contributed by atoms with Gasteiger partial charge in [-0.2, -0.15) is 0 Å². The van der Waals surface area contributed by atoms with Crippen molar-refractivity contribution < 1.29 is 4.79 Å². The second-order valence-corrected chi connectivity index (χ2v) is 5.26. The lowest BCUT2D eigenvalue weighted by molar-refractivity contribution is -0.119. The number of anilines is 1. The Morgan fingerprint density at radius 2 is 2.15 bits per heavy atom. The normalized spacial score (nSPS) is 17.4. The van der Waals surface area contributed by atoms with Crippen LogP contribution in [-0.2, 0) is 4.79 Å². The molecule has 2 heterocycles. The van der Waals surface area contributed by atoms with E-state index in [-0.39, 0.29) is 5.91 Å². The number of fused-ring (bicyclic) bond motifs is 1. The molecule has 20 heavy (non-hydrogen) atoms. The van der Waals surface area contributed by atoms with Crippen LogP contribution < -0.4 is 11.1 Å². The summed E-state index contributed by atoms with van der Waals surface area (Å²) in [6, 6.07) is 8.37. The molecule has 6 heteroatoms. The maximum atomic E-state index is 10.9. The van der Waals surface area contributed by atoms with Crippen LogP contribution in [-0.4, -0.2) is 46.5 Å². The number of aromatic amines is 1. The summed E-state index contributed by atoms with van der Waals surface area (Å²) in [6.07, 6.45) is 1.98. The van der Waals surface area contributed by atoms with E-state index in [2.05, 4.69) is 20.2 Å². The molecular formula is C14H19N5O. The van der Waals surface area contributed by atoms with Crippen molar-refractivity contribution in [1.29, 1.82) is 0 Å². The number of aromatic nitrogens is 2. The predicted molar refractivity (Wildman–Crippen MR) is 78.4 cm³/mol. The minimum Gasteiger partial charge on any atom is -0.369 e. The third-order valence-electron chi connectivity index (χ3n) is 3.70. The SMILES string of the molecule is NC(=O)CN1CCC(Nc2nc3ccccc3[nH]2)CC1. The van der Waals surface area contributed by atoms with Gasteiger partial charge in [-0.3, -0.25) is 9.69 Å². The Hall–Kier alpha value is -2.08. The number of H-pyrrole nitrogens is 1. The van der Waals surface area contributed by atoms with Crippen LogP contribution in [0.15, 0.2) is 24.3 Å². The Morgan fingerprint density at radius 1 is 1.40 bits per heavy atom. The van der Waals surface area contributed by atoms with Crippen molar-refractivity contribution >= 4 is 22.9 Å². The number of hydrogen-bond acceptors (Lipinski definition) is 4. The minimum absolute atomic E-state index is 0.256. The minimum atomic E-state index is -0.256. The van der Waals surface area contributed by atoms with Gasteiger partial charge in [-0.15, -0.1) is 0 Å². The van der Waals surface area contributed by atoms with E-state index in [1.807, 2.05) is 24.3 Å². The van der Waals surface area contributed by atoms with Crippen LogP contribution in [0.5, 0.6) is 0 Å². The molecule has 1 saturated heterocycles. The first kappa shape index (κ1) is 12.9. The van der Waals surface area contributed by atoms with Gasteiger partial charge in [0.2, 0.25) is 11.9 Å². The maximum absolute atomic E-state index is 10.9. The molecule has 1 aliphatic heterocycles. The number of nitrogens with one attached hydrogen (secondary N) is 2. The Bertz CT molecular complexity index is 567. The number of piperidine rings is 1. The number of para-hydroxylation sites is 2. The highest BCUT2D eigenvalue weighted by Gasteiger charge is 2.20. The number of amides is 1. The predicted octanol–water partition coefficient (Wildman–Crippen LogP) is 0.924. The van der Waals surface area contributed by atoms with E-state index in [1.165, 1.54) is 0 Å². The molecule has 2 aromatic rings. The fourth-order valence-corrected chi connectivity index (χ4v) is 2.67. The van der Waals surface area contributed by atoms with Crippen molar-refractivity contribution in [2.75, 3.05) is 25.0 Å². The molecule has 0 radical (unpaired) electrons. The molecule has 1 aromatic heterocycles. The molecule has 0 unspecified atom stereocenters. The van der Waals surface area contributed by atoms with Gasteiger partial charge in [0.15, 0.2) is 0 Å². The zero-order valence-electron chi connectivity index (χ0n) is 11.3. The van der Waals surface area contributed by atoms with Crippen molar-refractivity contribution in [3.8, 4) is 0 Å². The molecule has 0 aliphatic carbocycles. The van der Waals surface area contributed by atoms with Gasteiger partial charge in [-0.25, -0.2) is 4.98 Å². The Labute approximate surface area is 117 Å². The number of carbonyl (C=O) groups is 1. The molecule has 6 nitrogen and oxygen atoms in total. The molecule has 106 valence electrons. The average Bonchev–Trinajstić information content (AvgIpc) is 2.82. The lowest BCUT2D eigenvalue weighted by Gasteiger charge is -2.31. The summed E-state index contributed by atoms with van der Waals surface area (Å²) in [5.41, 5.74) is 7.23. The van der Waals surface area contributed by atoms with E-state index in [0.717, 1.165) is 42.9 Å². The highest BCUT2D eigenvalue weighted by molar-refractivity contribution is 5.77. The smallest absolute Gasteiger partial charge is 0.231 e. The van der Waals surface area contributed by atoms with Gasteiger partial charge < -0.3 is 16.0 Å². The molecule has 4 N–H and O–H groups in total. The maximum Gasteiger partial charge on any atom is 0.231 e.